The number of aromatic nitrogens is 3. The molecule has 0 spiro atoms. The van der Waals surface area contributed by atoms with Crippen LogP contribution in [0.25, 0.3) is 27.2 Å². The average Bonchev–Trinajstić information content (AvgIpc) is 3.18. The largest absolute Gasteiger partial charge is 0.361 e. The van der Waals surface area contributed by atoms with E-state index in [4.69, 9.17) is 0 Å². The second kappa shape index (κ2) is 6.49. The normalized spacial score (nSPS) is 14.4. The van der Waals surface area contributed by atoms with E-state index in [2.05, 4.69) is 33.4 Å². The van der Waals surface area contributed by atoms with Gasteiger partial charge in [0.1, 0.15) is 0 Å². The van der Waals surface area contributed by atoms with Crippen molar-refractivity contribution in [1.29, 1.82) is 0 Å². The van der Waals surface area contributed by atoms with Crippen molar-refractivity contribution in [2.75, 3.05) is 13.1 Å². The van der Waals surface area contributed by atoms with Crippen molar-refractivity contribution in [2.24, 2.45) is 0 Å². The number of nitrogens with one attached hydrogen (secondary N) is 2. The van der Waals surface area contributed by atoms with E-state index in [9.17, 15) is 9.59 Å². The molecule has 0 unspecified atom stereocenters. The SMILES string of the molecule is O=C(c1n[nH]c(=O)c2ccccc12)N1CC=C(c2c[nH]c3ccccc23)CC1. The zero-order chi connectivity index (χ0) is 19.1. The van der Waals surface area contributed by atoms with Gasteiger partial charge in [-0.15, -0.1) is 0 Å². The first kappa shape index (κ1) is 16.5. The van der Waals surface area contributed by atoms with Crippen molar-refractivity contribution in [3.8, 4) is 0 Å². The molecule has 0 atom stereocenters. The Morgan fingerprint density at radius 3 is 2.54 bits per heavy atom. The molecule has 1 amide bonds. The molecule has 0 radical (unpaired) electrons. The summed E-state index contributed by atoms with van der Waals surface area (Å²) in [5, 5.41) is 8.74. The van der Waals surface area contributed by atoms with Crippen LogP contribution >= 0.6 is 0 Å². The number of fused-ring (bicyclic) bond motifs is 2. The van der Waals surface area contributed by atoms with Gasteiger partial charge in [0.25, 0.3) is 11.5 Å². The maximum Gasteiger partial charge on any atom is 0.275 e. The number of carbonyl (C=O) groups is 1. The van der Waals surface area contributed by atoms with E-state index in [1.165, 1.54) is 16.5 Å². The fourth-order valence-corrected chi connectivity index (χ4v) is 3.86. The first-order valence-electron chi connectivity index (χ1n) is 9.24. The lowest BCUT2D eigenvalue weighted by Crippen LogP contribution is -2.35. The van der Waals surface area contributed by atoms with Crippen LogP contribution in [-0.4, -0.2) is 39.1 Å². The molecule has 138 valence electrons. The summed E-state index contributed by atoms with van der Waals surface area (Å²) in [4.78, 5) is 30.1. The monoisotopic (exact) mass is 370 g/mol. The molecule has 5 rings (SSSR count). The first-order chi connectivity index (χ1) is 13.7. The van der Waals surface area contributed by atoms with Crippen LogP contribution in [0.5, 0.6) is 0 Å². The molecule has 0 saturated carbocycles. The first-order valence-corrected chi connectivity index (χ1v) is 9.24. The maximum atomic E-state index is 13.0. The molecule has 2 aromatic carbocycles. The van der Waals surface area contributed by atoms with Gasteiger partial charge in [-0.25, -0.2) is 5.10 Å². The minimum absolute atomic E-state index is 0.165. The number of amides is 1. The van der Waals surface area contributed by atoms with Gasteiger partial charge in [-0.2, -0.15) is 5.10 Å². The van der Waals surface area contributed by atoms with Gasteiger partial charge in [0.2, 0.25) is 0 Å². The minimum atomic E-state index is -0.285. The van der Waals surface area contributed by atoms with Crippen molar-refractivity contribution in [3.63, 3.8) is 0 Å². The quantitative estimate of drug-likeness (QED) is 0.568. The average molecular weight is 370 g/mol. The minimum Gasteiger partial charge on any atom is -0.361 e. The Bertz CT molecular complexity index is 1300. The number of hydrogen-bond acceptors (Lipinski definition) is 3. The molecular weight excluding hydrogens is 352 g/mol. The van der Waals surface area contributed by atoms with E-state index >= 15 is 0 Å². The van der Waals surface area contributed by atoms with Crippen molar-refractivity contribution >= 4 is 33.2 Å². The number of nitrogens with zero attached hydrogens (tertiary/aromatic N) is 2. The molecule has 6 heteroatoms. The Balaban J connectivity index is 1.45. The van der Waals surface area contributed by atoms with Crippen LogP contribution < -0.4 is 5.56 Å². The zero-order valence-corrected chi connectivity index (χ0v) is 15.1. The van der Waals surface area contributed by atoms with Crippen LogP contribution in [0.2, 0.25) is 0 Å². The maximum absolute atomic E-state index is 13.0. The number of hydrogen-bond donors (Lipinski definition) is 2. The molecule has 2 N–H and O–H groups in total. The molecule has 6 nitrogen and oxygen atoms in total. The van der Waals surface area contributed by atoms with E-state index in [0.29, 0.717) is 29.6 Å². The van der Waals surface area contributed by atoms with Gasteiger partial charge in [0, 0.05) is 41.1 Å². The number of benzene rings is 2. The van der Waals surface area contributed by atoms with Crippen LogP contribution in [0.3, 0.4) is 0 Å². The molecular formula is C22H18N4O2. The van der Waals surface area contributed by atoms with Crippen molar-refractivity contribution in [1.82, 2.24) is 20.1 Å². The second-order valence-corrected chi connectivity index (χ2v) is 6.93. The van der Waals surface area contributed by atoms with Gasteiger partial charge < -0.3 is 9.88 Å². The van der Waals surface area contributed by atoms with E-state index < -0.39 is 0 Å². The molecule has 1 aliphatic rings. The lowest BCUT2D eigenvalue weighted by atomic mass is 9.98. The molecule has 0 fully saturated rings. The summed E-state index contributed by atoms with van der Waals surface area (Å²) < 4.78 is 0. The molecule has 28 heavy (non-hydrogen) atoms. The predicted molar refractivity (Wildman–Crippen MR) is 109 cm³/mol. The third kappa shape index (κ3) is 2.62. The summed E-state index contributed by atoms with van der Waals surface area (Å²) >= 11 is 0. The molecule has 0 aliphatic carbocycles. The molecule has 4 aromatic rings. The van der Waals surface area contributed by atoms with E-state index in [1.54, 1.807) is 23.1 Å². The Hall–Kier alpha value is -3.67. The third-order valence-electron chi connectivity index (χ3n) is 5.33. The standard InChI is InChI=1S/C22H18N4O2/c27-21-17-7-2-1-6-16(17)20(24-25-21)22(28)26-11-9-14(10-12-26)18-13-23-19-8-4-3-5-15(18)19/h1-9,13,23H,10-12H2,(H,25,27). The fraction of sp³-hybridized carbons (Fsp3) is 0.136. The van der Waals surface area contributed by atoms with Crippen LogP contribution in [0.1, 0.15) is 22.5 Å². The molecule has 2 aromatic heterocycles. The van der Waals surface area contributed by atoms with Gasteiger partial charge in [0.05, 0.1) is 5.39 Å². The number of aromatic amines is 2. The Morgan fingerprint density at radius 2 is 1.75 bits per heavy atom. The van der Waals surface area contributed by atoms with Crippen molar-refractivity contribution in [2.45, 2.75) is 6.42 Å². The summed E-state index contributed by atoms with van der Waals surface area (Å²) in [6.45, 7) is 1.13. The highest BCUT2D eigenvalue weighted by Crippen LogP contribution is 2.29. The predicted octanol–water partition coefficient (Wildman–Crippen LogP) is 3.33. The fourth-order valence-electron chi connectivity index (χ4n) is 3.86. The second-order valence-electron chi connectivity index (χ2n) is 6.93. The highest BCUT2D eigenvalue weighted by Gasteiger charge is 2.23. The lowest BCUT2D eigenvalue weighted by molar-refractivity contribution is 0.0768. The van der Waals surface area contributed by atoms with Gasteiger partial charge in [-0.05, 0) is 24.1 Å². The molecule has 1 aliphatic heterocycles. The topological polar surface area (TPSA) is 81.8 Å². The van der Waals surface area contributed by atoms with Crippen LogP contribution in [0.15, 0.2) is 65.6 Å². The molecule has 0 bridgehead atoms. The summed E-state index contributed by atoms with van der Waals surface area (Å²) in [7, 11) is 0. The van der Waals surface area contributed by atoms with Crippen molar-refractivity contribution < 1.29 is 4.79 Å². The van der Waals surface area contributed by atoms with Gasteiger partial charge >= 0.3 is 0 Å². The van der Waals surface area contributed by atoms with E-state index in [0.717, 1.165) is 11.9 Å². The van der Waals surface area contributed by atoms with Gasteiger partial charge in [-0.1, -0.05) is 42.5 Å². The van der Waals surface area contributed by atoms with Crippen LogP contribution in [0, 0.1) is 0 Å². The number of H-pyrrole nitrogens is 2. The zero-order valence-electron chi connectivity index (χ0n) is 15.1. The van der Waals surface area contributed by atoms with Gasteiger partial charge in [0.15, 0.2) is 5.69 Å². The van der Waals surface area contributed by atoms with Crippen LogP contribution in [-0.2, 0) is 0 Å². The number of para-hydroxylation sites is 1. The summed E-state index contributed by atoms with van der Waals surface area (Å²) in [5.74, 6) is -0.165. The summed E-state index contributed by atoms with van der Waals surface area (Å²) in [6, 6.07) is 15.3. The van der Waals surface area contributed by atoms with Crippen molar-refractivity contribution in [3.05, 3.63) is 82.4 Å². The molecule has 0 saturated heterocycles. The lowest BCUT2D eigenvalue weighted by Gasteiger charge is -2.26. The molecule has 3 heterocycles. The Morgan fingerprint density at radius 1 is 1.00 bits per heavy atom. The third-order valence-corrected chi connectivity index (χ3v) is 5.33. The summed E-state index contributed by atoms with van der Waals surface area (Å²) in [5.41, 5.74) is 3.54. The Labute approximate surface area is 160 Å². The highest BCUT2D eigenvalue weighted by atomic mass is 16.2. The van der Waals surface area contributed by atoms with E-state index in [1.807, 2.05) is 24.4 Å². The number of rotatable bonds is 2. The smallest absolute Gasteiger partial charge is 0.275 e. The Kier molecular flexibility index (Phi) is 3.83. The van der Waals surface area contributed by atoms with Crippen LogP contribution in [0.4, 0.5) is 0 Å². The number of carbonyl (C=O) groups excluding carboxylic acids is 1. The van der Waals surface area contributed by atoms with E-state index in [-0.39, 0.29) is 11.5 Å². The summed E-state index contributed by atoms with van der Waals surface area (Å²) in [6.07, 6.45) is 4.91. The van der Waals surface area contributed by atoms with Gasteiger partial charge in [-0.3, -0.25) is 9.59 Å². The highest BCUT2D eigenvalue weighted by molar-refractivity contribution is 6.05.